The van der Waals surface area contributed by atoms with Crippen molar-refractivity contribution in [1.82, 2.24) is 15.0 Å². The molecule has 110 valence electrons. The topological polar surface area (TPSA) is 83.1 Å². The highest BCUT2D eigenvalue weighted by molar-refractivity contribution is 5.56. The standard InChI is InChI=1S/C15H12N4O3/c20-19(21)13-7-4-8-14(9-13)22-11-18-16-10-15(17-18)12-5-2-1-3-6-12/h1-10H,11H2. The molecule has 0 saturated heterocycles. The second kappa shape index (κ2) is 6.04. The van der Waals surface area contributed by atoms with Crippen LogP contribution in [0.15, 0.2) is 60.8 Å². The molecule has 0 N–H and O–H groups in total. The van der Waals surface area contributed by atoms with Crippen LogP contribution in [-0.2, 0) is 6.73 Å². The molecule has 3 rings (SSSR count). The monoisotopic (exact) mass is 296 g/mol. The van der Waals surface area contributed by atoms with E-state index in [-0.39, 0.29) is 12.4 Å². The van der Waals surface area contributed by atoms with Crippen molar-refractivity contribution >= 4 is 5.69 Å². The van der Waals surface area contributed by atoms with E-state index in [4.69, 9.17) is 4.74 Å². The van der Waals surface area contributed by atoms with Crippen molar-refractivity contribution in [3.63, 3.8) is 0 Å². The minimum absolute atomic E-state index is 0.0177. The summed E-state index contributed by atoms with van der Waals surface area (Å²) in [4.78, 5) is 11.6. The highest BCUT2D eigenvalue weighted by atomic mass is 16.6. The van der Waals surface area contributed by atoms with Gasteiger partial charge in [-0.2, -0.15) is 5.10 Å². The van der Waals surface area contributed by atoms with Crippen LogP contribution in [0.4, 0.5) is 5.69 Å². The van der Waals surface area contributed by atoms with Crippen LogP contribution in [-0.4, -0.2) is 19.9 Å². The summed E-state index contributed by atoms with van der Waals surface area (Å²) in [6.07, 6.45) is 1.64. The molecule has 0 spiro atoms. The summed E-state index contributed by atoms with van der Waals surface area (Å²) in [5, 5.41) is 19.1. The Kier molecular flexibility index (Phi) is 3.78. The van der Waals surface area contributed by atoms with E-state index in [1.54, 1.807) is 18.3 Å². The third-order valence-corrected chi connectivity index (χ3v) is 2.98. The van der Waals surface area contributed by atoms with Crippen LogP contribution in [0.3, 0.4) is 0 Å². The Morgan fingerprint density at radius 1 is 1.14 bits per heavy atom. The zero-order valence-electron chi connectivity index (χ0n) is 11.5. The van der Waals surface area contributed by atoms with Crippen molar-refractivity contribution in [1.29, 1.82) is 0 Å². The maximum absolute atomic E-state index is 10.7. The lowest BCUT2D eigenvalue weighted by Gasteiger charge is -2.04. The molecule has 7 nitrogen and oxygen atoms in total. The molecule has 0 radical (unpaired) electrons. The average Bonchev–Trinajstić information content (AvgIpc) is 3.03. The Balaban J connectivity index is 1.69. The van der Waals surface area contributed by atoms with E-state index in [0.29, 0.717) is 5.75 Å². The third-order valence-electron chi connectivity index (χ3n) is 2.98. The molecular formula is C15H12N4O3. The maximum atomic E-state index is 10.7. The number of non-ortho nitro benzene ring substituents is 1. The minimum Gasteiger partial charge on any atom is -0.469 e. The van der Waals surface area contributed by atoms with Gasteiger partial charge in [-0.05, 0) is 6.07 Å². The molecule has 0 fully saturated rings. The van der Waals surface area contributed by atoms with Crippen LogP contribution in [0, 0.1) is 10.1 Å². The number of nitrogens with zero attached hydrogens (tertiary/aromatic N) is 4. The Labute approximate surface area is 125 Å². The van der Waals surface area contributed by atoms with Gasteiger partial charge in [0.05, 0.1) is 17.2 Å². The van der Waals surface area contributed by atoms with Crippen molar-refractivity contribution in [2.45, 2.75) is 6.73 Å². The number of aromatic nitrogens is 3. The summed E-state index contributed by atoms with van der Waals surface area (Å²) in [6, 6.07) is 15.6. The number of hydrogen-bond acceptors (Lipinski definition) is 5. The van der Waals surface area contributed by atoms with E-state index in [2.05, 4.69) is 10.2 Å². The van der Waals surface area contributed by atoms with Gasteiger partial charge in [0.25, 0.3) is 5.69 Å². The van der Waals surface area contributed by atoms with Crippen molar-refractivity contribution in [3.05, 3.63) is 70.9 Å². The molecular weight excluding hydrogens is 284 g/mol. The molecule has 2 aromatic carbocycles. The second-order valence-electron chi connectivity index (χ2n) is 4.50. The molecule has 22 heavy (non-hydrogen) atoms. The first-order chi connectivity index (χ1) is 10.7. The molecule has 7 heteroatoms. The van der Waals surface area contributed by atoms with Crippen LogP contribution in [0.5, 0.6) is 5.75 Å². The molecule has 0 bridgehead atoms. The average molecular weight is 296 g/mol. The van der Waals surface area contributed by atoms with E-state index in [9.17, 15) is 10.1 Å². The van der Waals surface area contributed by atoms with Crippen molar-refractivity contribution in [3.8, 4) is 17.0 Å². The van der Waals surface area contributed by atoms with Gasteiger partial charge in [0.1, 0.15) is 11.4 Å². The summed E-state index contributed by atoms with van der Waals surface area (Å²) in [5.74, 6) is 0.396. The van der Waals surface area contributed by atoms with Gasteiger partial charge >= 0.3 is 0 Å². The van der Waals surface area contributed by atoms with Crippen LogP contribution in [0.2, 0.25) is 0 Å². The summed E-state index contributed by atoms with van der Waals surface area (Å²) >= 11 is 0. The van der Waals surface area contributed by atoms with Gasteiger partial charge in [0.15, 0.2) is 6.73 Å². The molecule has 0 unspecified atom stereocenters. The number of hydrogen-bond donors (Lipinski definition) is 0. The van der Waals surface area contributed by atoms with Crippen molar-refractivity contribution in [2.75, 3.05) is 0 Å². The predicted octanol–water partition coefficient (Wildman–Crippen LogP) is 2.89. The van der Waals surface area contributed by atoms with Crippen LogP contribution in [0.25, 0.3) is 11.3 Å². The SMILES string of the molecule is O=[N+]([O-])c1cccc(OCn2ncc(-c3ccccc3)n2)c1. The van der Waals surface area contributed by atoms with Crippen LogP contribution < -0.4 is 4.74 Å². The van der Waals surface area contributed by atoms with E-state index < -0.39 is 4.92 Å². The summed E-state index contributed by atoms with van der Waals surface area (Å²) < 4.78 is 5.47. The van der Waals surface area contributed by atoms with Crippen LogP contribution in [0.1, 0.15) is 0 Å². The molecule has 0 aliphatic carbocycles. The largest absolute Gasteiger partial charge is 0.469 e. The second-order valence-corrected chi connectivity index (χ2v) is 4.50. The van der Waals surface area contributed by atoms with Gasteiger partial charge < -0.3 is 4.74 Å². The Hall–Kier alpha value is -3.22. The smallest absolute Gasteiger partial charge is 0.273 e. The zero-order valence-corrected chi connectivity index (χ0v) is 11.5. The van der Waals surface area contributed by atoms with Gasteiger partial charge in [-0.25, -0.2) is 0 Å². The lowest BCUT2D eigenvalue weighted by atomic mass is 10.2. The van der Waals surface area contributed by atoms with E-state index in [0.717, 1.165) is 11.3 Å². The van der Waals surface area contributed by atoms with Gasteiger partial charge in [-0.3, -0.25) is 10.1 Å². The summed E-state index contributed by atoms with van der Waals surface area (Å²) in [7, 11) is 0. The summed E-state index contributed by atoms with van der Waals surface area (Å²) in [6.45, 7) is 0.0774. The Morgan fingerprint density at radius 3 is 2.73 bits per heavy atom. The normalized spacial score (nSPS) is 10.4. The van der Waals surface area contributed by atoms with Crippen LogP contribution >= 0.6 is 0 Å². The first-order valence-electron chi connectivity index (χ1n) is 6.55. The number of ether oxygens (including phenoxy) is 1. The van der Waals surface area contributed by atoms with Crippen molar-refractivity contribution < 1.29 is 9.66 Å². The third kappa shape index (κ3) is 3.09. The quantitative estimate of drug-likeness (QED) is 0.534. The first-order valence-corrected chi connectivity index (χ1v) is 6.55. The molecule has 0 saturated carbocycles. The highest BCUT2D eigenvalue weighted by Crippen LogP contribution is 2.19. The number of nitro groups is 1. The fraction of sp³-hybridized carbons (Fsp3) is 0.0667. The molecule has 1 aromatic heterocycles. The molecule has 3 aromatic rings. The molecule has 0 aliphatic heterocycles. The van der Waals surface area contributed by atoms with Crippen molar-refractivity contribution in [2.24, 2.45) is 0 Å². The summed E-state index contributed by atoms with van der Waals surface area (Å²) in [5.41, 5.74) is 1.68. The molecule has 0 amide bonds. The number of rotatable bonds is 5. The zero-order chi connectivity index (χ0) is 15.4. The predicted molar refractivity (Wildman–Crippen MR) is 79.2 cm³/mol. The molecule has 1 heterocycles. The Morgan fingerprint density at radius 2 is 1.95 bits per heavy atom. The Bertz CT molecular complexity index is 786. The van der Waals surface area contributed by atoms with Gasteiger partial charge in [-0.15, -0.1) is 9.90 Å². The fourth-order valence-electron chi connectivity index (χ4n) is 1.92. The lowest BCUT2D eigenvalue weighted by Crippen LogP contribution is -2.08. The maximum Gasteiger partial charge on any atom is 0.273 e. The van der Waals surface area contributed by atoms with E-state index in [1.807, 2.05) is 30.3 Å². The number of benzene rings is 2. The van der Waals surface area contributed by atoms with E-state index >= 15 is 0 Å². The molecule has 0 atom stereocenters. The van der Waals surface area contributed by atoms with Gasteiger partial charge in [0, 0.05) is 11.6 Å². The van der Waals surface area contributed by atoms with E-state index in [1.165, 1.54) is 16.9 Å². The minimum atomic E-state index is -0.466. The molecule has 0 aliphatic rings. The van der Waals surface area contributed by atoms with Gasteiger partial charge in [0.2, 0.25) is 0 Å². The first kappa shape index (κ1) is 13.7. The number of nitro benzene ring substituents is 1. The lowest BCUT2D eigenvalue weighted by molar-refractivity contribution is -0.384. The van der Waals surface area contributed by atoms with Gasteiger partial charge in [-0.1, -0.05) is 36.4 Å². The fourth-order valence-corrected chi connectivity index (χ4v) is 1.92. The highest BCUT2D eigenvalue weighted by Gasteiger charge is 2.07.